The summed E-state index contributed by atoms with van der Waals surface area (Å²) < 4.78 is 0. The molecular formula is C16H21NO3S. The van der Waals surface area contributed by atoms with Crippen molar-refractivity contribution < 1.29 is 14.7 Å². The number of hydrogen-bond acceptors (Lipinski definition) is 3. The van der Waals surface area contributed by atoms with E-state index in [1.807, 2.05) is 13.8 Å². The van der Waals surface area contributed by atoms with Crippen molar-refractivity contribution in [3.8, 4) is 0 Å². The first-order chi connectivity index (χ1) is 9.95. The molecule has 0 bridgehead atoms. The van der Waals surface area contributed by atoms with E-state index < -0.39 is 5.97 Å². The summed E-state index contributed by atoms with van der Waals surface area (Å²) in [5, 5.41) is 11.9. The third kappa shape index (κ3) is 4.49. The second-order valence-electron chi connectivity index (χ2n) is 5.67. The molecule has 1 aromatic carbocycles. The highest BCUT2D eigenvalue weighted by molar-refractivity contribution is 8.00. The maximum atomic E-state index is 12.0. The molecule has 2 N–H and O–H groups in total. The van der Waals surface area contributed by atoms with Gasteiger partial charge in [-0.3, -0.25) is 9.59 Å². The number of rotatable bonds is 5. The van der Waals surface area contributed by atoms with E-state index in [1.165, 1.54) is 22.9 Å². The molecule has 21 heavy (non-hydrogen) atoms. The van der Waals surface area contributed by atoms with Crippen LogP contribution in [-0.4, -0.2) is 28.8 Å². The zero-order valence-electron chi connectivity index (χ0n) is 12.4. The Labute approximate surface area is 129 Å². The van der Waals surface area contributed by atoms with Crippen LogP contribution in [0.5, 0.6) is 0 Å². The van der Waals surface area contributed by atoms with Gasteiger partial charge in [0.2, 0.25) is 5.91 Å². The zero-order valence-corrected chi connectivity index (χ0v) is 13.2. The van der Waals surface area contributed by atoms with Crippen LogP contribution in [0.15, 0.2) is 23.1 Å². The lowest BCUT2D eigenvalue weighted by Gasteiger charge is -2.13. The molecular weight excluding hydrogens is 286 g/mol. The molecule has 1 aliphatic rings. The molecule has 5 heteroatoms. The van der Waals surface area contributed by atoms with Crippen LogP contribution < -0.4 is 5.32 Å². The van der Waals surface area contributed by atoms with Crippen molar-refractivity contribution in [1.29, 1.82) is 0 Å². The fourth-order valence-electron chi connectivity index (χ4n) is 2.61. The van der Waals surface area contributed by atoms with E-state index in [-0.39, 0.29) is 17.9 Å². The molecule has 1 amide bonds. The lowest BCUT2D eigenvalue weighted by Crippen LogP contribution is -2.34. The van der Waals surface area contributed by atoms with E-state index in [1.54, 1.807) is 0 Å². The van der Waals surface area contributed by atoms with Gasteiger partial charge in [0.05, 0.1) is 11.7 Å². The van der Waals surface area contributed by atoms with Crippen LogP contribution in [-0.2, 0) is 9.59 Å². The molecule has 4 nitrogen and oxygen atoms in total. The Kier molecular flexibility index (Phi) is 5.28. The third-order valence-electron chi connectivity index (χ3n) is 3.85. The van der Waals surface area contributed by atoms with Crippen LogP contribution >= 0.6 is 11.8 Å². The van der Waals surface area contributed by atoms with Crippen molar-refractivity contribution in [3.63, 3.8) is 0 Å². The second kappa shape index (κ2) is 6.98. The van der Waals surface area contributed by atoms with E-state index in [9.17, 15) is 9.59 Å². The first kappa shape index (κ1) is 15.9. The molecule has 114 valence electrons. The highest BCUT2D eigenvalue weighted by atomic mass is 32.2. The fourth-order valence-corrected chi connectivity index (χ4v) is 3.55. The summed E-state index contributed by atoms with van der Waals surface area (Å²) in [4.78, 5) is 24.0. The molecule has 0 unspecified atom stereocenters. The molecule has 2 rings (SSSR count). The minimum Gasteiger partial charge on any atom is -0.481 e. The van der Waals surface area contributed by atoms with Gasteiger partial charge in [0, 0.05) is 10.9 Å². The first-order valence-electron chi connectivity index (χ1n) is 7.18. The summed E-state index contributed by atoms with van der Waals surface area (Å²) in [6.07, 6.45) is 1.97. The molecule has 0 saturated heterocycles. The maximum absolute atomic E-state index is 12.0. The van der Waals surface area contributed by atoms with Crippen LogP contribution in [0.3, 0.4) is 0 Å². The second-order valence-corrected chi connectivity index (χ2v) is 6.69. The highest BCUT2D eigenvalue weighted by Crippen LogP contribution is 2.26. The standard InChI is InChI=1S/C16H21NO3S/c1-10-3-4-11(2)14(7-10)21-9-15(18)17-13-6-5-12(8-13)16(19)20/h3-4,7,12-13H,5-6,8-9H2,1-2H3,(H,17,18)(H,19,20)/t12-,13+/m1/s1. The number of benzene rings is 1. The van der Waals surface area contributed by atoms with Gasteiger partial charge in [-0.15, -0.1) is 11.8 Å². The molecule has 0 aromatic heterocycles. The summed E-state index contributed by atoms with van der Waals surface area (Å²) in [6, 6.07) is 6.22. The summed E-state index contributed by atoms with van der Waals surface area (Å²) in [6.45, 7) is 4.07. The predicted molar refractivity (Wildman–Crippen MR) is 83.5 cm³/mol. The third-order valence-corrected chi connectivity index (χ3v) is 5.01. The van der Waals surface area contributed by atoms with Gasteiger partial charge in [-0.2, -0.15) is 0 Å². The van der Waals surface area contributed by atoms with Crippen molar-refractivity contribution >= 4 is 23.6 Å². The molecule has 1 saturated carbocycles. The summed E-state index contributed by atoms with van der Waals surface area (Å²) >= 11 is 1.53. The van der Waals surface area contributed by atoms with Gasteiger partial charge >= 0.3 is 5.97 Å². The number of hydrogen-bond donors (Lipinski definition) is 2. The number of carboxylic acids is 1. The van der Waals surface area contributed by atoms with Crippen molar-refractivity contribution in [2.75, 3.05) is 5.75 Å². The van der Waals surface area contributed by atoms with Gasteiger partial charge in [-0.25, -0.2) is 0 Å². The van der Waals surface area contributed by atoms with E-state index in [0.29, 0.717) is 18.6 Å². The Bertz CT molecular complexity index is 544. The molecule has 0 radical (unpaired) electrons. The zero-order chi connectivity index (χ0) is 15.4. The van der Waals surface area contributed by atoms with E-state index in [2.05, 4.69) is 23.5 Å². The lowest BCUT2D eigenvalue weighted by atomic mass is 10.1. The molecule has 0 spiro atoms. The molecule has 1 aromatic rings. The smallest absolute Gasteiger partial charge is 0.306 e. The average molecular weight is 307 g/mol. The van der Waals surface area contributed by atoms with Gasteiger partial charge in [0.25, 0.3) is 0 Å². The van der Waals surface area contributed by atoms with Gasteiger partial charge < -0.3 is 10.4 Å². The van der Waals surface area contributed by atoms with Crippen LogP contribution in [0.4, 0.5) is 0 Å². The Morgan fingerprint density at radius 2 is 2.10 bits per heavy atom. The Morgan fingerprint density at radius 3 is 2.76 bits per heavy atom. The van der Waals surface area contributed by atoms with E-state index in [4.69, 9.17) is 5.11 Å². The minimum atomic E-state index is -0.753. The van der Waals surface area contributed by atoms with Crippen LogP contribution in [0.2, 0.25) is 0 Å². The Hall–Kier alpha value is -1.49. The van der Waals surface area contributed by atoms with Gasteiger partial charge in [0.15, 0.2) is 0 Å². The molecule has 2 atom stereocenters. The lowest BCUT2D eigenvalue weighted by molar-refractivity contribution is -0.141. The maximum Gasteiger partial charge on any atom is 0.306 e. The number of thioether (sulfide) groups is 1. The summed E-state index contributed by atoms with van der Waals surface area (Å²) in [5.41, 5.74) is 2.36. The molecule has 0 aliphatic heterocycles. The van der Waals surface area contributed by atoms with Crippen molar-refractivity contribution in [3.05, 3.63) is 29.3 Å². The number of nitrogens with one attached hydrogen (secondary N) is 1. The molecule has 1 fully saturated rings. The SMILES string of the molecule is Cc1ccc(C)c(SCC(=O)N[C@H]2CC[C@@H](C(=O)O)C2)c1. The normalized spacial score (nSPS) is 21.2. The fraction of sp³-hybridized carbons (Fsp3) is 0.500. The van der Waals surface area contributed by atoms with Crippen LogP contribution in [0, 0.1) is 19.8 Å². The largest absolute Gasteiger partial charge is 0.481 e. The van der Waals surface area contributed by atoms with E-state index in [0.717, 1.165) is 11.3 Å². The van der Waals surface area contributed by atoms with Crippen LogP contribution in [0.1, 0.15) is 30.4 Å². The number of amides is 1. The van der Waals surface area contributed by atoms with Gasteiger partial charge in [-0.1, -0.05) is 17.7 Å². The van der Waals surface area contributed by atoms with Crippen LogP contribution in [0.25, 0.3) is 0 Å². The molecule has 0 heterocycles. The minimum absolute atomic E-state index is 0.0119. The van der Waals surface area contributed by atoms with E-state index >= 15 is 0 Å². The number of carbonyl (C=O) groups is 2. The number of carbonyl (C=O) groups excluding carboxylic acids is 1. The first-order valence-corrected chi connectivity index (χ1v) is 8.16. The van der Waals surface area contributed by atoms with Crippen molar-refractivity contribution in [1.82, 2.24) is 5.32 Å². The number of aryl methyl sites for hydroxylation is 2. The summed E-state index contributed by atoms with van der Waals surface area (Å²) in [5.74, 6) is -0.700. The highest BCUT2D eigenvalue weighted by Gasteiger charge is 2.30. The van der Waals surface area contributed by atoms with Crippen molar-refractivity contribution in [2.24, 2.45) is 5.92 Å². The van der Waals surface area contributed by atoms with Crippen molar-refractivity contribution in [2.45, 2.75) is 44.0 Å². The summed E-state index contributed by atoms with van der Waals surface area (Å²) in [7, 11) is 0. The predicted octanol–water partition coefficient (Wildman–Crippen LogP) is 2.77. The topological polar surface area (TPSA) is 66.4 Å². The number of carboxylic acid groups (broad SMARTS) is 1. The quantitative estimate of drug-likeness (QED) is 0.821. The van der Waals surface area contributed by atoms with Gasteiger partial charge in [-0.05, 0) is 44.7 Å². The molecule has 1 aliphatic carbocycles. The average Bonchev–Trinajstić information content (AvgIpc) is 2.88. The van der Waals surface area contributed by atoms with Gasteiger partial charge in [0.1, 0.15) is 0 Å². The Morgan fingerprint density at radius 1 is 1.33 bits per heavy atom. The Balaban J connectivity index is 1.80. The number of aliphatic carboxylic acids is 1. The monoisotopic (exact) mass is 307 g/mol.